The predicted molar refractivity (Wildman–Crippen MR) is 68.5 cm³/mol. The Kier molecular flexibility index (Phi) is 5.09. The first-order valence-electron chi connectivity index (χ1n) is 4.63. The van der Waals surface area contributed by atoms with Crippen molar-refractivity contribution in [1.29, 1.82) is 0 Å². The molecular weight excluding hydrogens is 245 g/mol. The molecule has 0 radical (unpaired) electrons. The van der Waals surface area contributed by atoms with E-state index in [9.17, 15) is 4.79 Å². The lowest BCUT2D eigenvalue weighted by atomic mass is 10.2. The van der Waals surface area contributed by atoms with Gasteiger partial charge in [0.1, 0.15) is 0 Å². The summed E-state index contributed by atoms with van der Waals surface area (Å²) < 4.78 is 0. The van der Waals surface area contributed by atoms with E-state index in [0.717, 1.165) is 5.56 Å². The van der Waals surface area contributed by atoms with Crippen molar-refractivity contribution in [2.45, 2.75) is 0 Å². The lowest BCUT2D eigenvalue weighted by molar-refractivity contribution is -0.116. The van der Waals surface area contributed by atoms with Gasteiger partial charge in [0.2, 0.25) is 5.91 Å². The number of hydrogen-bond donors (Lipinski definition) is 1. The van der Waals surface area contributed by atoms with E-state index >= 15 is 0 Å². The molecule has 0 spiro atoms. The predicted octanol–water partition coefficient (Wildman–Crippen LogP) is 3.22. The summed E-state index contributed by atoms with van der Waals surface area (Å²) in [5.41, 5.74) is 0.795. The van der Waals surface area contributed by atoms with Crippen LogP contribution >= 0.6 is 23.2 Å². The topological polar surface area (TPSA) is 29.1 Å². The number of rotatable bonds is 4. The molecule has 2 nitrogen and oxygen atoms in total. The van der Waals surface area contributed by atoms with Crippen molar-refractivity contribution in [3.8, 4) is 0 Å². The Balaban J connectivity index is 2.57. The van der Waals surface area contributed by atoms with Crippen LogP contribution in [0.3, 0.4) is 0 Å². The molecule has 1 N–H and O–H groups in total. The largest absolute Gasteiger partial charge is 0.348 e. The quantitative estimate of drug-likeness (QED) is 0.823. The summed E-state index contributed by atoms with van der Waals surface area (Å²) in [6, 6.07) is 7.27. The lowest BCUT2D eigenvalue weighted by Gasteiger charge is -1.99. The third-order valence-electron chi connectivity index (χ3n) is 1.77. The molecule has 0 unspecified atom stereocenters. The van der Waals surface area contributed by atoms with Crippen LogP contribution in [0, 0.1) is 0 Å². The first-order valence-corrected chi connectivity index (χ1v) is 5.39. The summed E-state index contributed by atoms with van der Waals surface area (Å²) in [6.07, 6.45) is 3.05. The Morgan fingerprint density at radius 1 is 1.44 bits per heavy atom. The zero-order chi connectivity index (χ0) is 12.0. The molecule has 1 aromatic carbocycles. The van der Waals surface area contributed by atoms with Crippen LogP contribution in [-0.4, -0.2) is 12.5 Å². The summed E-state index contributed by atoms with van der Waals surface area (Å²) in [5, 5.41) is 3.56. The van der Waals surface area contributed by atoms with Gasteiger partial charge in [-0.2, -0.15) is 0 Å². The molecule has 0 saturated heterocycles. The number of halogens is 2. The number of benzene rings is 1. The fourth-order valence-corrected chi connectivity index (χ4v) is 1.28. The third-order valence-corrected chi connectivity index (χ3v) is 2.25. The smallest absolute Gasteiger partial charge is 0.244 e. The molecule has 1 amide bonds. The molecule has 0 saturated carbocycles. The molecule has 0 aliphatic carbocycles. The van der Waals surface area contributed by atoms with Gasteiger partial charge in [0.05, 0.1) is 6.54 Å². The number of carbonyl (C=O) groups excluding carboxylic acids is 1. The molecule has 0 heterocycles. The minimum absolute atomic E-state index is 0.235. The minimum Gasteiger partial charge on any atom is -0.348 e. The summed E-state index contributed by atoms with van der Waals surface area (Å²) >= 11 is 11.4. The van der Waals surface area contributed by atoms with Crippen molar-refractivity contribution in [1.82, 2.24) is 5.32 Å². The number of nitrogens with one attached hydrogen (secondary N) is 1. The SMILES string of the molecule is C=C(Cl)CNC(=O)/C=C/c1ccccc1Cl. The van der Waals surface area contributed by atoms with Crippen LogP contribution in [0.4, 0.5) is 0 Å². The van der Waals surface area contributed by atoms with Gasteiger partial charge in [0.25, 0.3) is 0 Å². The Morgan fingerprint density at radius 3 is 2.75 bits per heavy atom. The van der Waals surface area contributed by atoms with E-state index in [-0.39, 0.29) is 12.5 Å². The summed E-state index contributed by atoms with van der Waals surface area (Å²) in [4.78, 5) is 11.3. The first-order chi connectivity index (χ1) is 7.59. The zero-order valence-corrected chi connectivity index (χ0v) is 10.1. The van der Waals surface area contributed by atoms with Crippen molar-refractivity contribution in [3.63, 3.8) is 0 Å². The number of carbonyl (C=O) groups is 1. The summed E-state index contributed by atoms with van der Waals surface area (Å²) in [5.74, 6) is -0.235. The molecule has 0 aliphatic rings. The van der Waals surface area contributed by atoms with Crippen LogP contribution in [0.1, 0.15) is 5.56 Å². The molecular formula is C12H11Cl2NO. The molecule has 0 bridgehead atoms. The molecule has 1 aromatic rings. The van der Waals surface area contributed by atoms with E-state index in [1.807, 2.05) is 18.2 Å². The molecule has 0 fully saturated rings. The average Bonchev–Trinajstić information content (AvgIpc) is 2.25. The highest BCUT2D eigenvalue weighted by Crippen LogP contribution is 2.15. The minimum atomic E-state index is -0.235. The number of hydrogen-bond acceptors (Lipinski definition) is 1. The second-order valence-electron chi connectivity index (χ2n) is 3.09. The Labute approximate surface area is 105 Å². The highest BCUT2D eigenvalue weighted by atomic mass is 35.5. The maximum absolute atomic E-state index is 11.3. The molecule has 0 aromatic heterocycles. The second-order valence-corrected chi connectivity index (χ2v) is 4.03. The Morgan fingerprint density at radius 2 is 2.12 bits per heavy atom. The fourth-order valence-electron chi connectivity index (χ4n) is 1.02. The Hall–Kier alpha value is -1.25. The van der Waals surface area contributed by atoms with Crippen molar-refractivity contribution in [2.75, 3.05) is 6.54 Å². The van der Waals surface area contributed by atoms with E-state index in [1.165, 1.54) is 6.08 Å². The van der Waals surface area contributed by atoms with Crippen LogP contribution < -0.4 is 5.32 Å². The van der Waals surface area contributed by atoms with Gasteiger partial charge in [-0.3, -0.25) is 4.79 Å². The van der Waals surface area contributed by atoms with Crippen molar-refractivity contribution in [2.24, 2.45) is 0 Å². The maximum atomic E-state index is 11.3. The highest BCUT2D eigenvalue weighted by Gasteiger charge is 1.97. The first kappa shape index (κ1) is 12.8. The van der Waals surface area contributed by atoms with Crippen molar-refractivity contribution >= 4 is 35.2 Å². The van der Waals surface area contributed by atoms with Gasteiger partial charge in [-0.05, 0) is 17.7 Å². The molecule has 0 atom stereocenters. The van der Waals surface area contributed by atoms with E-state index in [0.29, 0.717) is 10.1 Å². The van der Waals surface area contributed by atoms with E-state index in [1.54, 1.807) is 12.1 Å². The summed E-state index contributed by atoms with van der Waals surface area (Å²) in [6.45, 7) is 3.72. The molecule has 1 rings (SSSR count). The fraction of sp³-hybridized carbons (Fsp3) is 0.0833. The number of amides is 1. The van der Waals surface area contributed by atoms with Gasteiger partial charge in [0.15, 0.2) is 0 Å². The van der Waals surface area contributed by atoms with Gasteiger partial charge in [-0.25, -0.2) is 0 Å². The van der Waals surface area contributed by atoms with Gasteiger partial charge in [-0.15, -0.1) is 0 Å². The van der Waals surface area contributed by atoms with Crippen molar-refractivity contribution < 1.29 is 4.79 Å². The lowest BCUT2D eigenvalue weighted by Crippen LogP contribution is -2.21. The van der Waals surface area contributed by atoms with E-state index in [4.69, 9.17) is 23.2 Å². The van der Waals surface area contributed by atoms with Gasteiger partial charge >= 0.3 is 0 Å². The van der Waals surface area contributed by atoms with Crippen LogP contribution in [-0.2, 0) is 4.79 Å². The molecule has 84 valence electrons. The molecule has 0 aliphatic heterocycles. The third kappa shape index (κ3) is 4.51. The molecule has 16 heavy (non-hydrogen) atoms. The average molecular weight is 256 g/mol. The maximum Gasteiger partial charge on any atom is 0.244 e. The van der Waals surface area contributed by atoms with Gasteiger partial charge < -0.3 is 5.32 Å². The van der Waals surface area contributed by atoms with Gasteiger partial charge in [-0.1, -0.05) is 48.0 Å². The van der Waals surface area contributed by atoms with Crippen LogP contribution in [0.2, 0.25) is 5.02 Å². The summed E-state index contributed by atoms with van der Waals surface area (Å²) in [7, 11) is 0. The zero-order valence-electron chi connectivity index (χ0n) is 8.54. The Bertz CT molecular complexity index is 427. The second kappa shape index (κ2) is 6.36. The standard InChI is InChI=1S/C12H11Cl2NO/c1-9(13)8-15-12(16)7-6-10-4-2-3-5-11(10)14/h2-7H,1,8H2,(H,15,16)/b7-6+. The van der Waals surface area contributed by atoms with E-state index in [2.05, 4.69) is 11.9 Å². The van der Waals surface area contributed by atoms with Gasteiger partial charge in [0, 0.05) is 16.1 Å². The van der Waals surface area contributed by atoms with Crippen LogP contribution in [0.25, 0.3) is 6.08 Å². The van der Waals surface area contributed by atoms with Crippen molar-refractivity contribution in [3.05, 3.63) is 52.5 Å². The van der Waals surface area contributed by atoms with E-state index < -0.39 is 0 Å². The monoisotopic (exact) mass is 255 g/mol. The normalized spacial score (nSPS) is 10.4. The highest BCUT2D eigenvalue weighted by molar-refractivity contribution is 6.32. The van der Waals surface area contributed by atoms with Crippen LogP contribution in [0.15, 0.2) is 42.0 Å². The molecule has 4 heteroatoms. The van der Waals surface area contributed by atoms with Crippen LogP contribution in [0.5, 0.6) is 0 Å².